The molecule has 0 atom stereocenters. The van der Waals surface area contributed by atoms with Crippen LogP contribution in [0.15, 0.2) is 59.0 Å². The number of methoxy groups -OCH3 is 1. The van der Waals surface area contributed by atoms with Gasteiger partial charge in [-0.15, -0.1) is 0 Å². The van der Waals surface area contributed by atoms with Crippen molar-refractivity contribution >= 4 is 23.5 Å². The molecule has 0 spiro atoms. The maximum absolute atomic E-state index is 13.3. The number of rotatable bonds is 7. The van der Waals surface area contributed by atoms with Gasteiger partial charge in [0.05, 0.1) is 18.2 Å². The minimum Gasteiger partial charge on any atom is -0.496 e. The number of aldehydes is 2. The number of carbonyl (C=O) groups excluding carboxylic acids is 2. The zero-order chi connectivity index (χ0) is 22.0. The minimum atomic E-state index is -0.356. The number of halogens is 1. The third-order valence-corrected chi connectivity index (χ3v) is 5.36. The molecule has 0 aliphatic carbocycles. The lowest BCUT2D eigenvalue weighted by Crippen LogP contribution is -1.94. The highest BCUT2D eigenvalue weighted by Crippen LogP contribution is 2.38. The van der Waals surface area contributed by atoms with E-state index in [9.17, 15) is 14.0 Å². The monoisotopic (exact) mass is 416 g/mol. The Morgan fingerprint density at radius 1 is 0.968 bits per heavy atom. The van der Waals surface area contributed by atoms with Gasteiger partial charge in [0.25, 0.3) is 0 Å². The van der Waals surface area contributed by atoms with Crippen LogP contribution in [0.1, 0.15) is 39.6 Å². The average Bonchev–Trinajstić information content (AvgIpc) is 3.16. The number of aryl methyl sites for hydroxylation is 1. The van der Waals surface area contributed by atoms with Gasteiger partial charge in [-0.1, -0.05) is 19.4 Å². The Kier molecular flexibility index (Phi) is 5.67. The number of benzene rings is 3. The third-order valence-electron chi connectivity index (χ3n) is 5.36. The quantitative estimate of drug-likeness (QED) is 0.323. The van der Waals surface area contributed by atoms with Crippen LogP contribution < -0.4 is 4.74 Å². The normalized spacial score (nSPS) is 10.9. The summed E-state index contributed by atoms with van der Waals surface area (Å²) in [6.07, 6.45) is 3.25. The molecule has 4 nitrogen and oxygen atoms in total. The average molecular weight is 416 g/mol. The number of hydrogen-bond acceptors (Lipinski definition) is 4. The maximum atomic E-state index is 13.3. The minimum absolute atomic E-state index is 0.356. The van der Waals surface area contributed by atoms with Crippen LogP contribution in [-0.4, -0.2) is 19.7 Å². The van der Waals surface area contributed by atoms with Crippen molar-refractivity contribution in [2.24, 2.45) is 0 Å². The van der Waals surface area contributed by atoms with Crippen molar-refractivity contribution in [3.05, 3.63) is 77.1 Å². The van der Waals surface area contributed by atoms with Crippen LogP contribution in [0, 0.1) is 5.82 Å². The highest BCUT2D eigenvalue weighted by molar-refractivity contribution is 6.04. The van der Waals surface area contributed by atoms with Gasteiger partial charge >= 0.3 is 0 Å². The predicted molar refractivity (Wildman–Crippen MR) is 118 cm³/mol. The number of fused-ring (bicyclic) bond motifs is 1. The van der Waals surface area contributed by atoms with Crippen LogP contribution in [0.4, 0.5) is 4.39 Å². The molecule has 0 aliphatic rings. The predicted octanol–water partition coefficient (Wildman–Crippen LogP) is 6.49. The largest absolute Gasteiger partial charge is 0.496 e. The molecule has 5 heteroatoms. The van der Waals surface area contributed by atoms with Gasteiger partial charge in [0.15, 0.2) is 12.6 Å². The number of hydrogen-bond donors (Lipinski definition) is 0. The molecule has 0 bridgehead atoms. The van der Waals surface area contributed by atoms with E-state index in [-0.39, 0.29) is 5.82 Å². The summed E-state index contributed by atoms with van der Waals surface area (Å²) < 4.78 is 24.6. The highest BCUT2D eigenvalue weighted by atomic mass is 19.1. The van der Waals surface area contributed by atoms with Crippen molar-refractivity contribution in [2.75, 3.05) is 7.11 Å². The molecule has 1 aromatic heterocycles. The molecule has 0 unspecified atom stereocenters. The number of furan rings is 1. The molecule has 4 aromatic rings. The molecule has 0 aliphatic heterocycles. The topological polar surface area (TPSA) is 56.5 Å². The molecule has 4 rings (SSSR count). The van der Waals surface area contributed by atoms with Crippen LogP contribution in [0.25, 0.3) is 33.4 Å². The summed E-state index contributed by atoms with van der Waals surface area (Å²) in [6.45, 7) is 2.09. The van der Waals surface area contributed by atoms with Gasteiger partial charge in [0.1, 0.15) is 22.9 Å². The standard InChI is InChI=1S/C26H21FO4/c1-3-4-17-12-25-22(13-21(17)18-7-10-24(30-2)19(11-18)14-28)23(15-29)26(31-25)16-5-8-20(27)9-6-16/h5-15H,3-4H2,1-2H3. The second-order valence-corrected chi connectivity index (χ2v) is 7.30. The molecular weight excluding hydrogens is 395 g/mol. The van der Waals surface area contributed by atoms with Crippen LogP contribution in [0.3, 0.4) is 0 Å². The molecule has 3 aromatic carbocycles. The van der Waals surface area contributed by atoms with E-state index in [1.54, 1.807) is 24.3 Å². The van der Waals surface area contributed by atoms with Gasteiger partial charge in [-0.3, -0.25) is 9.59 Å². The molecule has 0 radical (unpaired) electrons. The lowest BCUT2D eigenvalue weighted by Gasteiger charge is -2.12. The molecule has 0 saturated heterocycles. The van der Waals surface area contributed by atoms with Crippen LogP contribution in [0.5, 0.6) is 5.75 Å². The van der Waals surface area contributed by atoms with E-state index in [0.29, 0.717) is 39.2 Å². The highest BCUT2D eigenvalue weighted by Gasteiger charge is 2.19. The molecular formula is C26H21FO4. The van der Waals surface area contributed by atoms with Crippen LogP contribution >= 0.6 is 0 Å². The summed E-state index contributed by atoms with van der Waals surface area (Å²) in [6, 6.07) is 15.2. The second kappa shape index (κ2) is 8.56. The summed E-state index contributed by atoms with van der Waals surface area (Å²) in [7, 11) is 1.52. The SMILES string of the molecule is CCCc1cc2oc(-c3ccc(F)cc3)c(C=O)c2cc1-c1ccc(OC)c(C=O)c1. The van der Waals surface area contributed by atoms with E-state index in [4.69, 9.17) is 9.15 Å². The maximum Gasteiger partial charge on any atom is 0.154 e. The first kappa shape index (κ1) is 20.5. The van der Waals surface area contributed by atoms with Crippen molar-refractivity contribution in [1.29, 1.82) is 0 Å². The Labute approximate surface area is 179 Å². The molecule has 1 heterocycles. The summed E-state index contributed by atoms with van der Waals surface area (Å²) in [5.74, 6) is 0.561. The van der Waals surface area contributed by atoms with Crippen LogP contribution in [-0.2, 0) is 6.42 Å². The van der Waals surface area contributed by atoms with Crippen molar-refractivity contribution in [1.82, 2.24) is 0 Å². The van der Waals surface area contributed by atoms with Crippen LogP contribution in [0.2, 0.25) is 0 Å². The van der Waals surface area contributed by atoms with E-state index in [1.807, 2.05) is 18.2 Å². The smallest absolute Gasteiger partial charge is 0.154 e. The van der Waals surface area contributed by atoms with Crippen molar-refractivity contribution < 1.29 is 23.1 Å². The van der Waals surface area contributed by atoms with E-state index in [2.05, 4.69) is 6.92 Å². The summed E-state index contributed by atoms with van der Waals surface area (Å²) in [5, 5.41) is 0.674. The first-order valence-corrected chi connectivity index (χ1v) is 10.0. The van der Waals surface area contributed by atoms with Gasteiger partial charge < -0.3 is 9.15 Å². The lowest BCUT2D eigenvalue weighted by molar-refractivity contribution is 0.111. The molecule has 0 fully saturated rings. The number of carbonyl (C=O) groups is 2. The summed E-state index contributed by atoms with van der Waals surface area (Å²) in [4.78, 5) is 23.5. The lowest BCUT2D eigenvalue weighted by atomic mass is 9.93. The molecule has 31 heavy (non-hydrogen) atoms. The zero-order valence-corrected chi connectivity index (χ0v) is 17.3. The summed E-state index contributed by atoms with van der Waals surface area (Å²) >= 11 is 0. The van der Waals surface area contributed by atoms with Gasteiger partial charge in [-0.2, -0.15) is 0 Å². The van der Waals surface area contributed by atoms with E-state index >= 15 is 0 Å². The second-order valence-electron chi connectivity index (χ2n) is 7.30. The zero-order valence-electron chi connectivity index (χ0n) is 17.3. The fraction of sp³-hybridized carbons (Fsp3) is 0.154. The van der Waals surface area contributed by atoms with Crippen molar-refractivity contribution in [2.45, 2.75) is 19.8 Å². The van der Waals surface area contributed by atoms with E-state index < -0.39 is 0 Å². The Hall–Kier alpha value is -3.73. The van der Waals surface area contributed by atoms with Crippen molar-refractivity contribution in [3.63, 3.8) is 0 Å². The van der Waals surface area contributed by atoms with E-state index in [0.717, 1.165) is 42.1 Å². The summed E-state index contributed by atoms with van der Waals surface area (Å²) in [5.41, 5.74) is 4.93. The Balaban J connectivity index is 1.95. The van der Waals surface area contributed by atoms with Gasteiger partial charge in [-0.05, 0) is 71.6 Å². The van der Waals surface area contributed by atoms with Gasteiger partial charge in [-0.25, -0.2) is 4.39 Å². The Morgan fingerprint density at radius 2 is 1.71 bits per heavy atom. The first-order valence-electron chi connectivity index (χ1n) is 10.0. The van der Waals surface area contributed by atoms with Gasteiger partial charge in [0.2, 0.25) is 0 Å². The molecule has 0 amide bonds. The molecule has 156 valence electrons. The molecule has 0 N–H and O–H groups in total. The first-order chi connectivity index (χ1) is 15.1. The fourth-order valence-corrected chi connectivity index (χ4v) is 3.88. The van der Waals surface area contributed by atoms with E-state index in [1.165, 1.54) is 19.2 Å². The third kappa shape index (κ3) is 3.75. The molecule has 0 saturated carbocycles. The van der Waals surface area contributed by atoms with Gasteiger partial charge in [0, 0.05) is 10.9 Å². The van der Waals surface area contributed by atoms with Crippen molar-refractivity contribution in [3.8, 4) is 28.2 Å². The number of ether oxygens (including phenoxy) is 1. The Bertz CT molecular complexity index is 1270. The fourth-order valence-electron chi connectivity index (χ4n) is 3.88. The Morgan fingerprint density at radius 3 is 2.35 bits per heavy atom.